The van der Waals surface area contributed by atoms with E-state index < -0.39 is 39.8 Å². The SMILES string of the molecule is Cn1cnc(S(=O)(=O)N[C@H]2CCN(C(=O)c3ccco3)[C@H](C(=O)NCCC(N)=O)C2)c1. The largest absolute Gasteiger partial charge is 0.459 e. The number of aromatic nitrogens is 2. The van der Waals surface area contributed by atoms with Crippen LogP contribution in [-0.2, 0) is 26.7 Å². The molecule has 3 amide bonds. The highest BCUT2D eigenvalue weighted by molar-refractivity contribution is 7.89. The summed E-state index contributed by atoms with van der Waals surface area (Å²) in [6, 6.07) is 1.48. The van der Waals surface area contributed by atoms with Gasteiger partial charge in [0.25, 0.3) is 15.9 Å². The van der Waals surface area contributed by atoms with Crippen LogP contribution in [0.3, 0.4) is 0 Å². The van der Waals surface area contributed by atoms with Crippen molar-refractivity contribution in [2.24, 2.45) is 12.8 Å². The van der Waals surface area contributed by atoms with E-state index in [1.165, 1.54) is 34.3 Å². The summed E-state index contributed by atoms with van der Waals surface area (Å²) in [5.74, 6) is -1.50. The van der Waals surface area contributed by atoms with Crippen LogP contribution in [0.5, 0.6) is 0 Å². The summed E-state index contributed by atoms with van der Waals surface area (Å²) in [5.41, 5.74) is 5.09. The van der Waals surface area contributed by atoms with Gasteiger partial charge in [-0.2, -0.15) is 0 Å². The highest BCUT2D eigenvalue weighted by Gasteiger charge is 2.39. The first kappa shape index (κ1) is 22.5. The molecule has 0 unspecified atom stereocenters. The Labute approximate surface area is 178 Å². The monoisotopic (exact) mass is 452 g/mol. The Morgan fingerprint density at radius 1 is 1.35 bits per heavy atom. The first-order valence-corrected chi connectivity index (χ1v) is 11.1. The lowest BCUT2D eigenvalue weighted by molar-refractivity contribution is -0.127. The molecule has 13 heteroatoms. The van der Waals surface area contributed by atoms with Gasteiger partial charge in [-0.1, -0.05) is 0 Å². The van der Waals surface area contributed by atoms with Gasteiger partial charge in [-0.15, -0.1) is 0 Å². The Kier molecular flexibility index (Phi) is 6.75. The molecule has 4 N–H and O–H groups in total. The van der Waals surface area contributed by atoms with Gasteiger partial charge in [0.05, 0.1) is 12.6 Å². The molecule has 1 fully saturated rings. The second-order valence-corrected chi connectivity index (χ2v) is 8.88. The molecule has 0 spiro atoms. The standard InChI is InChI=1S/C18H24N6O6S/c1-23-10-16(21-11-23)31(28,29)22-12-5-7-24(18(27)14-3-2-8-30-14)13(9-12)17(26)20-6-4-15(19)25/h2-3,8,10-13,22H,4-7,9H2,1H3,(H2,19,25)(H,20,26)/t12-,13-/m0/s1. The fourth-order valence-corrected chi connectivity index (χ4v) is 4.60. The average molecular weight is 452 g/mol. The molecule has 3 heterocycles. The number of nitrogens with zero attached hydrogens (tertiary/aromatic N) is 3. The highest BCUT2D eigenvalue weighted by atomic mass is 32.2. The number of imidazole rings is 1. The average Bonchev–Trinajstić information content (AvgIpc) is 3.39. The molecule has 2 aromatic rings. The minimum atomic E-state index is -3.89. The molecule has 0 saturated carbocycles. The Morgan fingerprint density at radius 2 is 2.13 bits per heavy atom. The number of nitrogens with two attached hydrogens (primary N) is 1. The summed E-state index contributed by atoms with van der Waals surface area (Å²) < 4.78 is 34.4. The number of carbonyl (C=O) groups excluding carboxylic acids is 3. The van der Waals surface area contributed by atoms with Crippen LogP contribution in [0.2, 0.25) is 0 Å². The predicted octanol–water partition coefficient (Wildman–Crippen LogP) is -1.04. The number of hydrogen-bond acceptors (Lipinski definition) is 7. The Balaban J connectivity index is 1.75. The second kappa shape index (κ2) is 9.31. The number of hydrogen-bond donors (Lipinski definition) is 3. The summed E-state index contributed by atoms with van der Waals surface area (Å²) in [6.45, 7) is 0.140. The van der Waals surface area contributed by atoms with E-state index in [2.05, 4.69) is 15.0 Å². The van der Waals surface area contributed by atoms with Crippen molar-refractivity contribution in [2.75, 3.05) is 13.1 Å². The lowest BCUT2D eigenvalue weighted by atomic mass is 9.96. The number of nitrogens with one attached hydrogen (secondary N) is 2. The molecular formula is C18H24N6O6S. The van der Waals surface area contributed by atoms with Crippen LogP contribution in [-0.4, -0.2) is 65.8 Å². The maximum Gasteiger partial charge on any atom is 0.290 e. The number of amides is 3. The van der Waals surface area contributed by atoms with Gasteiger partial charge in [0.1, 0.15) is 6.04 Å². The molecule has 0 aromatic carbocycles. The van der Waals surface area contributed by atoms with Gasteiger partial charge in [0.15, 0.2) is 10.8 Å². The van der Waals surface area contributed by atoms with E-state index in [4.69, 9.17) is 10.2 Å². The second-order valence-electron chi connectivity index (χ2n) is 7.22. The van der Waals surface area contributed by atoms with Crippen LogP contribution in [0, 0.1) is 0 Å². The molecular weight excluding hydrogens is 428 g/mol. The molecule has 12 nitrogen and oxygen atoms in total. The van der Waals surface area contributed by atoms with Gasteiger partial charge in [-0.25, -0.2) is 18.1 Å². The van der Waals surface area contributed by atoms with Crippen molar-refractivity contribution in [1.29, 1.82) is 0 Å². The summed E-state index contributed by atoms with van der Waals surface area (Å²) in [5, 5.41) is 2.44. The van der Waals surface area contributed by atoms with Gasteiger partial charge in [-0.05, 0) is 25.0 Å². The van der Waals surface area contributed by atoms with E-state index in [1.54, 1.807) is 13.1 Å². The van der Waals surface area contributed by atoms with Crippen LogP contribution in [0.4, 0.5) is 0 Å². The lowest BCUT2D eigenvalue weighted by Gasteiger charge is -2.38. The minimum Gasteiger partial charge on any atom is -0.459 e. The lowest BCUT2D eigenvalue weighted by Crippen LogP contribution is -2.57. The third kappa shape index (κ3) is 5.49. The maximum absolute atomic E-state index is 12.8. The van der Waals surface area contributed by atoms with Gasteiger partial charge in [-0.3, -0.25) is 14.4 Å². The molecule has 2 atom stereocenters. The van der Waals surface area contributed by atoms with E-state index >= 15 is 0 Å². The molecule has 31 heavy (non-hydrogen) atoms. The Bertz CT molecular complexity index is 1050. The van der Waals surface area contributed by atoms with Crippen molar-refractivity contribution in [3.05, 3.63) is 36.7 Å². The normalized spacial score (nSPS) is 19.2. The van der Waals surface area contributed by atoms with Crippen LogP contribution in [0.15, 0.2) is 40.4 Å². The van der Waals surface area contributed by atoms with Gasteiger partial charge >= 0.3 is 0 Å². The number of rotatable bonds is 8. The number of piperidine rings is 1. The molecule has 1 aliphatic heterocycles. The number of furan rings is 1. The van der Waals surface area contributed by atoms with Crippen molar-refractivity contribution in [2.45, 2.75) is 36.4 Å². The van der Waals surface area contributed by atoms with Gasteiger partial charge in [0, 0.05) is 38.8 Å². The van der Waals surface area contributed by atoms with Crippen molar-refractivity contribution >= 4 is 27.7 Å². The van der Waals surface area contributed by atoms with Crippen LogP contribution >= 0.6 is 0 Å². The Hall–Kier alpha value is -3.19. The molecule has 1 saturated heterocycles. The van der Waals surface area contributed by atoms with Crippen LogP contribution in [0.1, 0.15) is 29.8 Å². The number of likely N-dealkylation sites (tertiary alicyclic amines) is 1. The topological polar surface area (TPSA) is 170 Å². The number of carbonyl (C=O) groups is 3. The van der Waals surface area contributed by atoms with E-state index in [0.717, 1.165) is 0 Å². The molecule has 1 aliphatic rings. The molecule has 0 radical (unpaired) electrons. The smallest absolute Gasteiger partial charge is 0.290 e. The fourth-order valence-electron chi connectivity index (χ4n) is 3.34. The summed E-state index contributed by atoms with van der Waals surface area (Å²) in [6.07, 6.45) is 4.37. The number of primary amides is 1. The van der Waals surface area contributed by atoms with E-state index in [9.17, 15) is 22.8 Å². The third-order valence-electron chi connectivity index (χ3n) is 4.85. The van der Waals surface area contributed by atoms with Crippen molar-refractivity contribution in [3.63, 3.8) is 0 Å². The molecule has 0 aliphatic carbocycles. The zero-order valence-electron chi connectivity index (χ0n) is 16.9. The third-order valence-corrected chi connectivity index (χ3v) is 6.25. The zero-order valence-corrected chi connectivity index (χ0v) is 17.7. The fraction of sp³-hybridized carbons (Fsp3) is 0.444. The van der Waals surface area contributed by atoms with E-state index in [-0.39, 0.29) is 36.7 Å². The van der Waals surface area contributed by atoms with E-state index in [0.29, 0.717) is 6.42 Å². The maximum atomic E-state index is 12.8. The Morgan fingerprint density at radius 3 is 2.74 bits per heavy atom. The van der Waals surface area contributed by atoms with Crippen molar-refractivity contribution < 1.29 is 27.2 Å². The molecule has 168 valence electrons. The van der Waals surface area contributed by atoms with Gasteiger partial charge < -0.3 is 24.9 Å². The van der Waals surface area contributed by atoms with E-state index in [1.807, 2.05) is 0 Å². The first-order chi connectivity index (χ1) is 14.7. The first-order valence-electron chi connectivity index (χ1n) is 9.58. The van der Waals surface area contributed by atoms with Crippen molar-refractivity contribution in [3.8, 4) is 0 Å². The van der Waals surface area contributed by atoms with Crippen molar-refractivity contribution in [1.82, 2.24) is 24.5 Å². The zero-order chi connectivity index (χ0) is 22.6. The van der Waals surface area contributed by atoms with Crippen LogP contribution < -0.4 is 15.8 Å². The minimum absolute atomic E-state index is 0.0117. The van der Waals surface area contributed by atoms with Gasteiger partial charge in [0.2, 0.25) is 11.8 Å². The highest BCUT2D eigenvalue weighted by Crippen LogP contribution is 2.22. The molecule has 3 rings (SSSR count). The summed E-state index contributed by atoms with van der Waals surface area (Å²) in [4.78, 5) is 41.7. The molecule has 2 aromatic heterocycles. The quantitative estimate of drug-likeness (QED) is 0.459. The number of sulfonamides is 1. The number of aryl methyl sites for hydroxylation is 1. The van der Waals surface area contributed by atoms with Crippen LogP contribution in [0.25, 0.3) is 0 Å². The molecule has 0 bridgehead atoms. The summed E-state index contributed by atoms with van der Waals surface area (Å²) >= 11 is 0. The summed E-state index contributed by atoms with van der Waals surface area (Å²) in [7, 11) is -2.24. The predicted molar refractivity (Wildman–Crippen MR) is 107 cm³/mol.